The molecule has 0 atom stereocenters. The Hall–Kier alpha value is -1.33. The number of nitrogens with one attached hydrogen (secondary N) is 1. The molecule has 0 unspecified atom stereocenters. The quantitative estimate of drug-likeness (QED) is 0.912. The third kappa shape index (κ3) is 2.82. The number of imidazole rings is 1. The number of hydrogen-bond donors (Lipinski definition) is 1. The summed E-state index contributed by atoms with van der Waals surface area (Å²) in [6.07, 6.45) is 1.91. The van der Waals surface area contributed by atoms with Crippen LogP contribution in [0.3, 0.4) is 0 Å². The zero-order valence-corrected chi connectivity index (χ0v) is 12.6. The van der Waals surface area contributed by atoms with Gasteiger partial charge in [0, 0.05) is 25.4 Å². The Kier molecular flexibility index (Phi) is 4.27. The minimum atomic E-state index is 0.694. The second-order valence-corrected chi connectivity index (χ2v) is 5.00. The van der Waals surface area contributed by atoms with E-state index in [4.69, 9.17) is 11.6 Å². The van der Waals surface area contributed by atoms with Crippen molar-refractivity contribution in [2.24, 2.45) is 7.05 Å². The van der Waals surface area contributed by atoms with Gasteiger partial charge in [-0.05, 0) is 20.4 Å². The number of aryl methyl sites for hydroxylation is 3. The highest BCUT2D eigenvalue weighted by Crippen LogP contribution is 2.21. The van der Waals surface area contributed by atoms with E-state index in [-0.39, 0.29) is 0 Å². The topological polar surface area (TPSA) is 47.7 Å². The molecule has 0 fully saturated rings. The minimum absolute atomic E-state index is 0.694. The van der Waals surface area contributed by atoms with E-state index in [1.54, 1.807) is 4.68 Å². The van der Waals surface area contributed by atoms with Crippen molar-refractivity contribution in [2.45, 2.75) is 33.9 Å². The summed E-state index contributed by atoms with van der Waals surface area (Å²) in [7, 11) is 1.86. The SMILES string of the molecule is CCNCc1cnc(C)n1Cc1c(C)nn(C)c1Cl. The standard InChI is InChI=1S/C13H20ClN5/c1-5-15-6-11-7-16-10(3)19(11)8-12-9(2)17-18(4)13(12)14/h7,15H,5-6,8H2,1-4H3. The smallest absolute Gasteiger partial charge is 0.131 e. The third-order valence-corrected chi connectivity index (χ3v) is 3.75. The third-order valence-electron chi connectivity index (χ3n) is 3.28. The molecule has 0 aromatic carbocycles. The highest BCUT2D eigenvalue weighted by atomic mass is 35.5. The van der Waals surface area contributed by atoms with Crippen LogP contribution in [-0.4, -0.2) is 25.9 Å². The summed E-state index contributed by atoms with van der Waals surface area (Å²) in [5.74, 6) is 0.993. The second-order valence-electron chi connectivity index (χ2n) is 4.64. The molecule has 2 heterocycles. The summed E-state index contributed by atoms with van der Waals surface area (Å²) in [6, 6.07) is 0. The van der Waals surface area contributed by atoms with Gasteiger partial charge in [0.1, 0.15) is 11.0 Å². The Morgan fingerprint density at radius 2 is 2.11 bits per heavy atom. The molecule has 2 aromatic rings. The number of halogens is 1. The average Bonchev–Trinajstić information content (AvgIpc) is 2.83. The highest BCUT2D eigenvalue weighted by molar-refractivity contribution is 6.30. The molecule has 104 valence electrons. The fourth-order valence-electron chi connectivity index (χ4n) is 2.14. The maximum Gasteiger partial charge on any atom is 0.131 e. The normalized spacial score (nSPS) is 11.2. The molecule has 2 rings (SSSR count). The Morgan fingerprint density at radius 3 is 2.68 bits per heavy atom. The van der Waals surface area contributed by atoms with Gasteiger partial charge < -0.3 is 9.88 Å². The van der Waals surface area contributed by atoms with Crippen LogP contribution in [0.15, 0.2) is 6.20 Å². The van der Waals surface area contributed by atoms with Gasteiger partial charge in [-0.15, -0.1) is 0 Å². The van der Waals surface area contributed by atoms with Gasteiger partial charge in [-0.2, -0.15) is 5.10 Å². The van der Waals surface area contributed by atoms with Crippen LogP contribution in [0.5, 0.6) is 0 Å². The first-order valence-electron chi connectivity index (χ1n) is 6.44. The van der Waals surface area contributed by atoms with E-state index in [0.717, 1.165) is 30.2 Å². The molecule has 5 nitrogen and oxygen atoms in total. The number of rotatable bonds is 5. The van der Waals surface area contributed by atoms with E-state index in [9.17, 15) is 0 Å². The van der Waals surface area contributed by atoms with Crippen molar-refractivity contribution < 1.29 is 0 Å². The summed E-state index contributed by atoms with van der Waals surface area (Å²) in [5, 5.41) is 8.37. The lowest BCUT2D eigenvalue weighted by molar-refractivity contribution is 0.645. The maximum atomic E-state index is 6.29. The lowest BCUT2D eigenvalue weighted by Crippen LogP contribution is -2.16. The average molecular weight is 282 g/mol. The molecule has 0 aliphatic rings. The Labute approximate surface area is 118 Å². The van der Waals surface area contributed by atoms with Gasteiger partial charge in [-0.3, -0.25) is 4.68 Å². The highest BCUT2D eigenvalue weighted by Gasteiger charge is 2.14. The molecule has 0 saturated heterocycles. The first kappa shape index (κ1) is 14.1. The van der Waals surface area contributed by atoms with E-state index in [2.05, 4.69) is 26.9 Å². The Balaban J connectivity index is 2.29. The molecular weight excluding hydrogens is 262 g/mol. The van der Waals surface area contributed by atoms with Crippen molar-refractivity contribution in [1.82, 2.24) is 24.6 Å². The molecule has 0 aliphatic carbocycles. The molecule has 0 radical (unpaired) electrons. The van der Waals surface area contributed by atoms with Gasteiger partial charge >= 0.3 is 0 Å². The van der Waals surface area contributed by atoms with Crippen molar-refractivity contribution in [3.05, 3.63) is 34.1 Å². The van der Waals surface area contributed by atoms with Crippen LogP contribution in [0.25, 0.3) is 0 Å². The van der Waals surface area contributed by atoms with Gasteiger partial charge in [0.05, 0.1) is 17.9 Å². The van der Waals surface area contributed by atoms with E-state index >= 15 is 0 Å². The molecule has 0 spiro atoms. The van der Waals surface area contributed by atoms with E-state index in [1.807, 2.05) is 27.1 Å². The first-order chi connectivity index (χ1) is 9.04. The Morgan fingerprint density at radius 1 is 1.37 bits per heavy atom. The summed E-state index contributed by atoms with van der Waals surface area (Å²) in [4.78, 5) is 4.38. The lowest BCUT2D eigenvalue weighted by Gasteiger charge is -2.10. The van der Waals surface area contributed by atoms with Gasteiger partial charge in [0.15, 0.2) is 0 Å². The van der Waals surface area contributed by atoms with Gasteiger partial charge in [-0.25, -0.2) is 4.98 Å². The summed E-state index contributed by atoms with van der Waals surface area (Å²) < 4.78 is 3.89. The monoisotopic (exact) mass is 281 g/mol. The van der Waals surface area contributed by atoms with Crippen LogP contribution >= 0.6 is 11.6 Å². The molecule has 0 saturated carbocycles. The zero-order chi connectivity index (χ0) is 14.0. The van der Waals surface area contributed by atoms with Crippen molar-refractivity contribution in [1.29, 1.82) is 0 Å². The number of nitrogens with zero attached hydrogens (tertiary/aromatic N) is 4. The van der Waals surface area contributed by atoms with Crippen molar-refractivity contribution >= 4 is 11.6 Å². The van der Waals surface area contributed by atoms with Crippen LogP contribution in [-0.2, 0) is 20.1 Å². The van der Waals surface area contributed by atoms with Crippen molar-refractivity contribution in [2.75, 3.05) is 6.54 Å². The van der Waals surface area contributed by atoms with Crippen LogP contribution in [0.1, 0.15) is 29.7 Å². The number of hydrogen-bond acceptors (Lipinski definition) is 3. The zero-order valence-electron chi connectivity index (χ0n) is 11.9. The minimum Gasteiger partial charge on any atom is -0.326 e. The summed E-state index contributed by atoms with van der Waals surface area (Å²) in [5.41, 5.74) is 3.19. The summed E-state index contributed by atoms with van der Waals surface area (Å²) >= 11 is 6.29. The second kappa shape index (κ2) is 5.75. The van der Waals surface area contributed by atoms with E-state index < -0.39 is 0 Å². The summed E-state index contributed by atoms with van der Waals surface area (Å²) in [6.45, 7) is 8.55. The van der Waals surface area contributed by atoms with Crippen molar-refractivity contribution in [3.8, 4) is 0 Å². The number of aromatic nitrogens is 4. The van der Waals surface area contributed by atoms with Crippen molar-refractivity contribution in [3.63, 3.8) is 0 Å². The molecular formula is C13H20ClN5. The fourth-order valence-corrected chi connectivity index (χ4v) is 2.37. The molecule has 19 heavy (non-hydrogen) atoms. The molecule has 0 amide bonds. The van der Waals surface area contributed by atoms with Crippen LogP contribution in [0.4, 0.5) is 0 Å². The fraction of sp³-hybridized carbons (Fsp3) is 0.538. The van der Waals surface area contributed by atoms with Crippen LogP contribution in [0.2, 0.25) is 5.15 Å². The van der Waals surface area contributed by atoms with Crippen LogP contribution < -0.4 is 5.32 Å². The molecule has 0 bridgehead atoms. The van der Waals surface area contributed by atoms with Gasteiger partial charge in [0.25, 0.3) is 0 Å². The van der Waals surface area contributed by atoms with Crippen LogP contribution in [0, 0.1) is 13.8 Å². The molecule has 6 heteroatoms. The van der Waals surface area contributed by atoms with Gasteiger partial charge in [-0.1, -0.05) is 18.5 Å². The maximum absolute atomic E-state index is 6.29. The predicted octanol–water partition coefficient (Wildman–Crippen LogP) is 2.04. The van der Waals surface area contributed by atoms with E-state index in [0.29, 0.717) is 11.7 Å². The largest absolute Gasteiger partial charge is 0.326 e. The molecule has 0 aliphatic heterocycles. The molecule has 2 aromatic heterocycles. The van der Waals surface area contributed by atoms with E-state index in [1.165, 1.54) is 5.69 Å². The van der Waals surface area contributed by atoms with Gasteiger partial charge in [0.2, 0.25) is 0 Å². The lowest BCUT2D eigenvalue weighted by atomic mass is 10.2. The molecule has 1 N–H and O–H groups in total. The first-order valence-corrected chi connectivity index (χ1v) is 6.82. The predicted molar refractivity (Wildman–Crippen MR) is 76.4 cm³/mol. The Bertz CT molecular complexity index is 570.